The minimum Gasteiger partial charge on any atom is -0.493 e. The predicted octanol–water partition coefficient (Wildman–Crippen LogP) is 3.80. The van der Waals surface area contributed by atoms with E-state index in [1.165, 1.54) is 11.1 Å². The number of carbonyl (C=O) groups excluding carboxylic acids is 2. The third-order valence-corrected chi connectivity index (χ3v) is 6.29. The number of nitrogens with zero attached hydrogens (tertiary/aromatic N) is 2. The van der Waals surface area contributed by atoms with E-state index in [0.29, 0.717) is 25.0 Å². The van der Waals surface area contributed by atoms with E-state index in [4.69, 9.17) is 9.15 Å². The van der Waals surface area contributed by atoms with E-state index in [1.807, 2.05) is 41.3 Å². The van der Waals surface area contributed by atoms with Gasteiger partial charge in [0.15, 0.2) is 0 Å². The molecule has 2 aliphatic heterocycles. The molecule has 160 valence electrons. The van der Waals surface area contributed by atoms with Crippen LogP contribution in [0.1, 0.15) is 35.4 Å². The molecule has 2 amide bonds. The molecule has 0 saturated carbocycles. The third-order valence-electron chi connectivity index (χ3n) is 6.29. The Morgan fingerprint density at radius 2 is 2.03 bits per heavy atom. The van der Waals surface area contributed by atoms with Gasteiger partial charge in [0.2, 0.25) is 11.8 Å². The fraction of sp³-hybridized carbons (Fsp3) is 0.240. The number of hydrogen-bond acceptors (Lipinski definition) is 5. The van der Waals surface area contributed by atoms with E-state index in [2.05, 4.69) is 22.5 Å². The molecule has 2 aromatic heterocycles. The van der Waals surface area contributed by atoms with Crippen molar-refractivity contribution < 1.29 is 18.7 Å². The molecule has 1 saturated heterocycles. The quantitative estimate of drug-likeness (QED) is 0.501. The number of nitrogens with one attached hydrogen (secondary N) is 1. The summed E-state index contributed by atoms with van der Waals surface area (Å²) >= 11 is 0. The van der Waals surface area contributed by atoms with Crippen molar-refractivity contribution in [3.63, 3.8) is 0 Å². The van der Waals surface area contributed by atoms with Crippen molar-refractivity contribution in [3.8, 4) is 16.9 Å². The van der Waals surface area contributed by atoms with E-state index in [9.17, 15) is 9.59 Å². The zero-order valence-corrected chi connectivity index (χ0v) is 17.3. The van der Waals surface area contributed by atoms with Crippen molar-refractivity contribution in [1.82, 2.24) is 15.1 Å². The first-order valence-corrected chi connectivity index (χ1v) is 10.8. The lowest BCUT2D eigenvalue weighted by Gasteiger charge is -2.19. The highest BCUT2D eigenvalue weighted by atomic mass is 16.5. The normalized spacial score (nSPS) is 17.9. The fourth-order valence-corrected chi connectivity index (χ4v) is 4.61. The number of benzene rings is 2. The minimum absolute atomic E-state index is 0.216. The molecule has 32 heavy (non-hydrogen) atoms. The van der Waals surface area contributed by atoms with Gasteiger partial charge in [-0.05, 0) is 35.2 Å². The van der Waals surface area contributed by atoms with E-state index >= 15 is 0 Å². The molecule has 2 aliphatic rings. The molecule has 0 aliphatic carbocycles. The Morgan fingerprint density at radius 1 is 1.09 bits per heavy atom. The van der Waals surface area contributed by atoms with Crippen LogP contribution in [0, 0.1) is 0 Å². The van der Waals surface area contributed by atoms with E-state index in [-0.39, 0.29) is 17.7 Å². The Hall–Kier alpha value is -3.87. The highest BCUT2D eigenvalue weighted by Gasteiger charge is 2.30. The predicted molar refractivity (Wildman–Crippen MR) is 117 cm³/mol. The summed E-state index contributed by atoms with van der Waals surface area (Å²) in [5.41, 5.74) is 5.98. The Bertz CT molecular complexity index is 1370. The van der Waals surface area contributed by atoms with Crippen LogP contribution >= 0.6 is 0 Å². The molecule has 4 heterocycles. The van der Waals surface area contributed by atoms with Gasteiger partial charge < -0.3 is 9.15 Å². The van der Waals surface area contributed by atoms with Crippen LogP contribution in [0.25, 0.3) is 22.1 Å². The lowest BCUT2D eigenvalue weighted by atomic mass is 9.90. The van der Waals surface area contributed by atoms with E-state index < -0.39 is 0 Å². The molecular weight excluding hydrogens is 406 g/mol. The summed E-state index contributed by atoms with van der Waals surface area (Å²) in [5.74, 6) is 0.151. The molecule has 2 aromatic carbocycles. The van der Waals surface area contributed by atoms with Crippen LogP contribution in [0.4, 0.5) is 0 Å². The third kappa shape index (κ3) is 3.26. The summed E-state index contributed by atoms with van der Waals surface area (Å²) in [6, 6.07) is 12.3. The minimum atomic E-state index is -0.361. The molecule has 1 atom stereocenters. The van der Waals surface area contributed by atoms with Crippen molar-refractivity contribution in [2.75, 3.05) is 6.61 Å². The molecule has 7 heteroatoms. The molecule has 0 bridgehead atoms. The van der Waals surface area contributed by atoms with Crippen molar-refractivity contribution in [2.24, 2.45) is 0 Å². The number of fused-ring (bicyclic) bond motifs is 2. The summed E-state index contributed by atoms with van der Waals surface area (Å²) in [4.78, 5) is 23.7. The number of furan rings is 1. The van der Waals surface area contributed by atoms with Gasteiger partial charge in [0.05, 0.1) is 31.5 Å². The summed E-state index contributed by atoms with van der Waals surface area (Å²) in [6.07, 6.45) is 7.31. The van der Waals surface area contributed by atoms with Crippen LogP contribution in [-0.4, -0.2) is 28.2 Å². The summed E-state index contributed by atoms with van der Waals surface area (Å²) in [5, 5.41) is 7.84. The van der Waals surface area contributed by atoms with Gasteiger partial charge in [0.25, 0.3) is 0 Å². The van der Waals surface area contributed by atoms with Crippen molar-refractivity contribution in [2.45, 2.75) is 31.7 Å². The Labute approximate surface area is 184 Å². The number of carbonyl (C=O) groups is 2. The highest BCUT2D eigenvalue weighted by molar-refractivity contribution is 6.03. The molecule has 6 rings (SSSR count). The van der Waals surface area contributed by atoms with Crippen molar-refractivity contribution >= 4 is 22.8 Å². The molecule has 0 radical (unpaired) electrons. The Kier molecular flexibility index (Phi) is 4.35. The zero-order valence-electron chi connectivity index (χ0n) is 17.3. The van der Waals surface area contributed by atoms with Gasteiger partial charge in [-0.1, -0.05) is 24.3 Å². The molecule has 1 fully saturated rings. The number of ether oxygens (including phenoxy) is 1. The molecule has 7 nitrogen and oxygen atoms in total. The lowest BCUT2D eigenvalue weighted by molar-refractivity contribution is -0.134. The average Bonchev–Trinajstić information content (AvgIpc) is 3.53. The maximum absolute atomic E-state index is 12.3. The van der Waals surface area contributed by atoms with Crippen molar-refractivity contribution in [1.29, 1.82) is 0 Å². The van der Waals surface area contributed by atoms with E-state index in [0.717, 1.165) is 40.9 Å². The molecular formula is C25H21N3O4. The van der Waals surface area contributed by atoms with E-state index in [1.54, 1.807) is 6.26 Å². The van der Waals surface area contributed by atoms with Crippen LogP contribution in [0.2, 0.25) is 0 Å². The number of aromatic nitrogens is 2. The number of hydrogen-bond donors (Lipinski definition) is 1. The van der Waals surface area contributed by atoms with Crippen LogP contribution in [0.3, 0.4) is 0 Å². The standard InChI is InChI=1S/C25H21N3O4/c29-24-6-4-20(25(30)27-24)21-14-32-23-10-16(2-3-19(21)23)18-11-26-28(13-18)12-15-1-5-22-17(9-15)7-8-31-22/h1-3,5,9-11,13-14,20H,4,6-8,12H2,(H,27,29,30). The maximum Gasteiger partial charge on any atom is 0.234 e. The lowest BCUT2D eigenvalue weighted by Crippen LogP contribution is -2.39. The first-order valence-electron chi connectivity index (χ1n) is 10.8. The average molecular weight is 427 g/mol. The molecule has 1 N–H and O–H groups in total. The SMILES string of the molecule is O=C1CCC(c2coc3cc(-c4cnn(Cc5ccc6c(c5)CCO6)c4)ccc23)C(=O)N1. The van der Waals surface area contributed by atoms with Crippen LogP contribution < -0.4 is 10.1 Å². The molecule has 1 unspecified atom stereocenters. The summed E-state index contributed by atoms with van der Waals surface area (Å²) < 4.78 is 13.3. The van der Waals surface area contributed by atoms with Crippen LogP contribution in [0.5, 0.6) is 5.75 Å². The van der Waals surface area contributed by atoms with Gasteiger partial charge in [0.1, 0.15) is 11.3 Å². The van der Waals surface area contributed by atoms with Crippen LogP contribution in [0.15, 0.2) is 59.5 Å². The zero-order chi connectivity index (χ0) is 21.7. The van der Waals surface area contributed by atoms with Gasteiger partial charge >= 0.3 is 0 Å². The molecule has 4 aromatic rings. The van der Waals surface area contributed by atoms with Gasteiger partial charge in [0, 0.05) is 35.6 Å². The first-order chi connectivity index (χ1) is 15.6. The van der Waals surface area contributed by atoms with Gasteiger partial charge in [-0.3, -0.25) is 19.6 Å². The van der Waals surface area contributed by atoms with Gasteiger partial charge in [-0.2, -0.15) is 5.10 Å². The first kappa shape index (κ1) is 18.9. The summed E-state index contributed by atoms with van der Waals surface area (Å²) in [6.45, 7) is 1.45. The maximum atomic E-state index is 12.3. The second-order valence-corrected chi connectivity index (χ2v) is 8.37. The van der Waals surface area contributed by atoms with Crippen molar-refractivity contribution in [3.05, 3.63) is 71.7 Å². The summed E-state index contributed by atoms with van der Waals surface area (Å²) in [7, 11) is 0. The smallest absolute Gasteiger partial charge is 0.234 e. The largest absolute Gasteiger partial charge is 0.493 e. The number of piperidine rings is 1. The number of amides is 2. The Balaban J connectivity index is 1.24. The second kappa shape index (κ2) is 7.37. The van der Waals surface area contributed by atoms with Crippen LogP contribution in [-0.2, 0) is 22.6 Å². The molecule has 0 spiro atoms. The number of imide groups is 1. The van der Waals surface area contributed by atoms with Gasteiger partial charge in [-0.25, -0.2) is 0 Å². The Morgan fingerprint density at radius 3 is 2.94 bits per heavy atom. The number of rotatable bonds is 4. The topological polar surface area (TPSA) is 86.4 Å². The fourth-order valence-electron chi connectivity index (χ4n) is 4.61. The highest BCUT2D eigenvalue weighted by Crippen LogP contribution is 2.34. The van der Waals surface area contributed by atoms with Gasteiger partial charge in [-0.15, -0.1) is 0 Å². The monoisotopic (exact) mass is 427 g/mol. The second-order valence-electron chi connectivity index (χ2n) is 8.37.